The summed E-state index contributed by atoms with van der Waals surface area (Å²) in [6.07, 6.45) is 0. The van der Waals surface area contributed by atoms with Crippen molar-refractivity contribution >= 4 is 11.8 Å². The van der Waals surface area contributed by atoms with Gasteiger partial charge in [0, 0.05) is 12.7 Å². The van der Waals surface area contributed by atoms with E-state index in [1.807, 2.05) is 6.92 Å². The molecule has 0 bridgehead atoms. The van der Waals surface area contributed by atoms with Gasteiger partial charge in [-0.15, -0.1) is 0 Å². The highest BCUT2D eigenvalue weighted by Gasteiger charge is 2.11. The molecule has 4 heteroatoms. The van der Waals surface area contributed by atoms with Crippen molar-refractivity contribution in [1.82, 2.24) is 4.98 Å². The molecule has 13 heavy (non-hydrogen) atoms. The van der Waals surface area contributed by atoms with Crippen LogP contribution in [-0.4, -0.2) is 25.1 Å². The lowest BCUT2D eigenvalue weighted by Gasteiger charge is -2.06. The summed E-state index contributed by atoms with van der Waals surface area (Å²) in [5, 5.41) is 2.84. The fourth-order valence-electron chi connectivity index (χ4n) is 1.02. The number of esters is 1. The SMILES string of the molecule is CNc1nc(C)ccc1C(=O)OC. The summed E-state index contributed by atoms with van der Waals surface area (Å²) < 4.78 is 4.60. The molecule has 0 saturated heterocycles. The van der Waals surface area contributed by atoms with Crippen LogP contribution in [0.5, 0.6) is 0 Å². The topological polar surface area (TPSA) is 51.2 Å². The van der Waals surface area contributed by atoms with Crippen LogP contribution in [0.1, 0.15) is 16.1 Å². The van der Waals surface area contributed by atoms with Crippen molar-refractivity contribution in [2.45, 2.75) is 6.92 Å². The van der Waals surface area contributed by atoms with Gasteiger partial charge in [0.1, 0.15) is 11.4 Å². The van der Waals surface area contributed by atoms with Gasteiger partial charge in [0.25, 0.3) is 0 Å². The van der Waals surface area contributed by atoms with Gasteiger partial charge in [-0.25, -0.2) is 9.78 Å². The minimum absolute atomic E-state index is 0.378. The Morgan fingerprint density at radius 3 is 2.77 bits per heavy atom. The van der Waals surface area contributed by atoms with Gasteiger partial charge in [-0.2, -0.15) is 0 Å². The van der Waals surface area contributed by atoms with Gasteiger partial charge in [-0.3, -0.25) is 0 Å². The zero-order chi connectivity index (χ0) is 9.84. The van der Waals surface area contributed by atoms with E-state index < -0.39 is 0 Å². The number of methoxy groups -OCH3 is 1. The smallest absolute Gasteiger partial charge is 0.341 e. The minimum atomic E-state index is -0.378. The normalized spacial score (nSPS) is 9.46. The third kappa shape index (κ3) is 1.96. The van der Waals surface area contributed by atoms with Crippen molar-refractivity contribution in [2.75, 3.05) is 19.5 Å². The highest BCUT2D eigenvalue weighted by molar-refractivity contribution is 5.94. The molecule has 0 aliphatic carbocycles. The molecule has 0 aliphatic rings. The van der Waals surface area contributed by atoms with Crippen molar-refractivity contribution in [1.29, 1.82) is 0 Å². The lowest BCUT2D eigenvalue weighted by molar-refractivity contribution is 0.0601. The second kappa shape index (κ2) is 3.89. The number of nitrogens with one attached hydrogen (secondary N) is 1. The largest absolute Gasteiger partial charge is 0.465 e. The maximum atomic E-state index is 11.2. The monoisotopic (exact) mass is 180 g/mol. The van der Waals surface area contributed by atoms with Crippen LogP contribution in [0, 0.1) is 6.92 Å². The van der Waals surface area contributed by atoms with Crippen LogP contribution in [0.25, 0.3) is 0 Å². The number of anilines is 1. The van der Waals surface area contributed by atoms with E-state index in [-0.39, 0.29) is 5.97 Å². The average Bonchev–Trinajstić information content (AvgIpc) is 2.16. The van der Waals surface area contributed by atoms with E-state index in [0.29, 0.717) is 11.4 Å². The molecule has 0 fully saturated rings. The van der Waals surface area contributed by atoms with Crippen LogP contribution in [0.4, 0.5) is 5.82 Å². The van der Waals surface area contributed by atoms with Crippen LogP contribution in [0.2, 0.25) is 0 Å². The lowest BCUT2D eigenvalue weighted by atomic mass is 10.2. The molecule has 0 aliphatic heterocycles. The van der Waals surface area contributed by atoms with Crippen LogP contribution in [0.3, 0.4) is 0 Å². The molecule has 0 amide bonds. The Kier molecular flexibility index (Phi) is 2.84. The Balaban J connectivity index is 3.13. The summed E-state index contributed by atoms with van der Waals surface area (Å²) in [5.41, 5.74) is 1.31. The van der Waals surface area contributed by atoms with Crippen molar-refractivity contribution in [3.8, 4) is 0 Å². The number of aryl methyl sites for hydroxylation is 1. The molecule has 0 radical (unpaired) electrons. The van der Waals surface area contributed by atoms with Gasteiger partial charge >= 0.3 is 5.97 Å². The fraction of sp³-hybridized carbons (Fsp3) is 0.333. The van der Waals surface area contributed by atoms with Gasteiger partial charge < -0.3 is 10.1 Å². The fourth-order valence-corrected chi connectivity index (χ4v) is 1.02. The first-order valence-electron chi connectivity index (χ1n) is 3.92. The van der Waals surface area contributed by atoms with Crippen LogP contribution >= 0.6 is 0 Å². The van der Waals surface area contributed by atoms with E-state index >= 15 is 0 Å². The van der Waals surface area contributed by atoms with Crippen molar-refractivity contribution in [3.05, 3.63) is 23.4 Å². The van der Waals surface area contributed by atoms with Crippen LogP contribution in [0.15, 0.2) is 12.1 Å². The van der Waals surface area contributed by atoms with E-state index in [0.717, 1.165) is 5.69 Å². The van der Waals surface area contributed by atoms with Gasteiger partial charge in [0.15, 0.2) is 0 Å². The molecule has 1 N–H and O–H groups in total. The highest BCUT2D eigenvalue weighted by Crippen LogP contribution is 2.13. The van der Waals surface area contributed by atoms with E-state index in [1.54, 1.807) is 19.2 Å². The molecule has 0 saturated carbocycles. The maximum Gasteiger partial charge on any atom is 0.341 e. The summed E-state index contributed by atoms with van der Waals surface area (Å²) in [5.74, 6) is 0.170. The molecule has 0 unspecified atom stereocenters. The zero-order valence-electron chi connectivity index (χ0n) is 7.92. The first kappa shape index (κ1) is 9.51. The third-order valence-corrected chi connectivity index (χ3v) is 1.68. The Morgan fingerprint density at radius 2 is 2.23 bits per heavy atom. The van der Waals surface area contributed by atoms with Crippen molar-refractivity contribution in [3.63, 3.8) is 0 Å². The number of nitrogens with zero attached hydrogens (tertiary/aromatic N) is 1. The summed E-state index contributed by atoms with van der Waals surface area (Å²) in [4.78, 5) is 15.4. The van der Waals surface area contributed by atoms with E-state index in [9.17, 15) is 4.79 Å². The summed E-state index contributed by atoms with van der Waals surface area (Å²) in [6, 6.07) is 3.47. The summed E-state index contributed by atoms with van der Waals surface area (Å²) >= 11 is 0. The van der Waals surface area contributed by atoms with Crippen molar-refractivity contribution in [2.24, 2.45) is 0 Å². The average molecular weight is 180 g/mol. The van der Waals surface area contributed by atoms with Gasteiger partial charge in [0.05, 0.1) is 7.11 Å². The Hall–Kier alpha value is -1.58. The number of aromatic nitrogens is 1. The molecule has 1 heterocycles. The molecular weight excluding hydrogens is 168 g/mol. The molecule has 0 spiro atoms. The second-order valence-corrected chi connectivity index (χ2v) is 2.59. The number of ether oxygens (including phenoxy) is 1. The number of carbonyl (C=O) groups is 1. The molecule has 70 valence electrons. The first-order valence-corrected chi connectivity index (χ1v) is 3.92. The van der Waals surface area contributed by atoms with Crippen molar-refractivity contribution < 1.29 is 9.53 Å². The second-order valence-electron chi connectivity index (χ2n) is 2.59. The molecule has 0 aromatic carbocycles. The van der Waals surface area contributed by atoms with Crippen LogP contribution in [-0.2, 0) is 4.74 Å². The number of hydrogen-bond acceptors (Lipinski definition) is 4. The Bertz CT molecular complexity index is 323. The summed E-state index contributed by atoms with van der Waals surface area (Å²) in [7, 11) is 3.07. The molecular formula is C9H12N2O2. The third-order valence-electron chi connectivity index (χ3n) is 1.68. The predicted octanol–water partition coefficient (Wildman–Crippen LogP) is 1.22. The van der Waals surface area contributed by atoms with E-state index in [4.69, 9.17) is 0 Å². The van der Waals surface area contributed by atoms with Gasteiger partial charge in [0.2, 0.25) is 0 Å². The molecule has 1 aromatic rings. The number of carbonyl (C=O) groups excluding carboxylic acids is 1. The highest BCUT2D eigenvalue weighted by atomic mass is 16.5. The zero-order valence-corrected chi connectivity index (χ0v) is 7.92. The molecule has 4 nitrogen and oxygen atoms in total. The van der Waals surface area contributed by atoms with Gasteiger partial charge in [-0.1, -0.05) is 0 Å². The van der Waals surface area contributed by atoms with E-state index in [1.165, 1.54) is 7.11 Å². The standard InChI is InChI=1S/C9H12N2O2/c1-6-4-5-7(9(12)13-3)8(10-2)11-6/h4-5H,1-3H3,(H,10,11). The van der Waals surface area contributed by atoms with Gasteiger partial charge in [-0.05, 0) is 19.1 Å². The number of pyridine rings is 1. The molecule has 1 rings (SSSR count). The summed E-state index contributed by atoms with van der Waals surface area (Å²) in [6.45, 7) is 1.86. The molecule has 1 aromatic heterocycles. The Morgan fingerprint density at radius 1 is 1.54 bits per heavy atom. The minimum Gasteiger partial charge on any atom is -0.465 e. The van der Waals surface area contributed by atoms with E-state index in [2.05, 4.69) is 15.0 Å². The number of rotatable bonds is 2. The molecule has 0 atom stereocenters. The quantitative estimate of drug-likeness (QED) is 0.695. The lowest BCUT2D eigenvalue weighted by Crippen LogP contribution is -2.07. The maximum absolute atomic E-state index is 11.2. The first-order chi connectivity index (χ1) is 6.19. The Labute approximate surface area is 76.9 Å². The predicted molar refractivity (Wildman–Crippen MR) is 49.9 cm³/mol. The number of hydrogen-bond donors (Lipinski definition) is 1. The van der Waals surface area contributed by atoms with Crippen LogP contribution < -0.4 is 5.32 Å².